The van der Waals surface area contributed by atoms with Gasteiger partial charge in [0.05, 0.1) is 27.5 Å². The minimum atomic E-state index is -4.00. The average Bonchev–Trinajstić information content (AvgIpc) is 3.16. The molecule has 0 aliphatic carbocycles. The molecule has 1 amide bonds. The molecule has 1 N–H and O–H groups in total. The maximum absolute atomic E-state index is 13.5. The van der Waals surface area contributed by atoms with Crippen LogP contribution in [0.25, 0.3) is 5.69 Å². The van der Waals surface area contributed by atoms with Gasteiger partial charge in [0, 0.05) is 22.0 Å². The monoisotopic (exact) mass is 568 g/mol. The molecule has 1 heterocycles. The van der Waals surface area contributed by atoms with Crippen LogP contribution in [-0.2, 0) is 14.8 Å². The van der Waals surface area contributed by atoms with E-state index in [1.807, 2.05) is 36.6 Å². The fourth-order valence-corrected chi connectivity index (χ4v) is 6.15. The summed E-state index contributed by atoms with van der Waals surface area (Å²) in [6.45, 7) is 5.19. The largest absolute Gasteiger partial charge is 0.316 e. The van der Waals surface area contributed by atoms with Crippen LogP contribution in [0, 0.1) is 20.8 Å². The Morgan fingerprint density at radius 1 is 0.974 bits per heavy atom. The number of carbonyl (C=O) groups excluding carboxylic acids is 1. The number of aryl methyl sites for hydroxylation is 2. The summed E-state index contributed by atoms with van der Waals surface area (Å²) in [7, 11) is -4.00. The van der Waals surface area contributed by atoms with Crippen LogP contribution in [0.1, 0.15) is 22.5 Å². The van der Waals surface area contributed by atoms with E-state index in [0.717, 1.165) is 32.5 Å². The molecule has 0 saturated carbocycles. The highest BCUT2D eigenvalue weighted by Gasteiger charge is 2.28. The van der Waals surface area contributed by atoms with Crippen LogP contribution >= 0.6 is 23.2 Å². The van der Waals surface area contributed by atoms with Crippen LogP contribution in [0.5, 0.6) is 0 Å². The Bertz CT molecular complexity index is 1620. The summed E-state index contributed by atoms with van der Waals surface area (Å²) in [5.41, 5.74) is 6.91. The van der Waals surface area contributed by atoms with Gasteiger partial charge in [0.1, 0.15) is 6.54 Å². The van der Waals surface area contributed by atoms with Gasteiger partial charge < -0.3 is 4.57 Å². The SMILES string of the molecule is Cc1ccccc1N(CC(=O)N/N=C/c1cc(C)n(-c2ccc(Cl)cc2Cl)c1C)S(=O)(=O)c1ccccc1. The number of rotatable bonds is 8. The van der Waals surface area contributed by atoms with Crippen LogP contribution in [0.4, 0.5) is 5.69 Å². The van der Waals surface area contributed by atoms with E-state index in [-0.39, 0.29) is 4.90 Å². The number of amides is 1. The standard InChI is InChI=1S/C28H26Cl2N4O3S/c1-19-9-7-8-12-26(19)33(38(36,37)24-10-5-4-6-11-24)18-28(35)32-31-17-22-15-20(2)34(21(22)3)27-14-13-23(29)16-25(27)30/h4-17H,18H2,1-3H3,(H,32,35)/b31-17+. The van der Waals surface area contributed by atoms with Crippen LogP contribution in [0.15, 0.2) is 88.9 Å². The zero-order chi connectivity index (χ0) is 27.4. The second kappa shape index (κ2) is 11.4. The molecule has 7 nitrogen and oxygen atoms in total. The van der Waals surface area contributed by atoms with Crippen molar-refractivity contribution in [2.75, 3.05) is 10.8 Å². The molecule has 0 fully saturated rings. The minimum absolute atomic E-state index is 0.0906. The molecule has 0 aliphatic rings. The molecular weight excluding hydrogens is 543 g/mol. The molecule has 4 rings (SSSR count). The fourth-order valence-electron chi connectivity index (χ4n) is 4.15. The van der Waals surface area contributed by atoms with Gasteiger partial charge in [-0.05, 0) is 68.8 Å². The summed E-state index contributed by atoms with van der Waals surface area (Å²) in [5, 5.41) is 5.15. The highest BCUT2D eigenvalue weighted by atomic mass is 35.5. The smallest absolute Gasteiger partial charge is 0.264 e. The zero-order valence-electron chi connectivity index (χ0n) is 21.0. The van der Waals surface area contributed by atoms with Gasteiger partial charge in [-0.1, -0.05) is 59.6 Å². The third kappa shape index (κ3) is 5.78. The van der Waals surface area contributed by atoms with E-state index in [9.17, 15) is 13.2 Å². The van der Waals surface area contributed by atoms with Crippen molar-refractivity contribution < 1.29 is 13.2 Å². The Hall–Kier alpha value is -3.59. The van der Waals surface area contributed by atoms with E-state index in [1.54, 1.807) is 55.5 Å². The summed E-state index contributed by atoms with van der Waals surface area (Å²) in [5.74, 6) is -0.585. The normalized spacial score (nSPS) is 11.6. The zero-order valence-corrected chi connectivity index (χ0v) is 23.3. The molecule has 0 atom stereocenters. The van der Waals surface area contributed by atoms with Gasteiger partial charge in [0.25, 0.3) is 15.9 Å². The third-order valence-corrected chi connectivity index (χ3v) is 8.33. The molecule has 10 heteroatoms. The first-order valence-electron chi connectivity index (χ1n) is 11.7. The summed E-state index contributed by atoms with van der Waals surface area (Å²) in [4.78, 5) is 13.0. The van der Waals surface area contributed by atoms with Gasteiger partial charge in [0.2, 0.25) is 0 Å². The van der Waals surface area contributed by atoms with Gasteiger partial charge in [-0.15, -0.1) is 0 Å². The van der Waals surface area contributed by atoms with Crippen molar-refractivity contribution in [1.82, 2.24) is 9.99 Å². The molecule has 3 aromatic carbocycles. The van der Waals surface area contributed by atoms with Crippen molar-refractivity contribution in [3.05, 3.63) is 111 Å². The van der Waals surface area contributed by atoms with Gasteiger partial charge >= 0.3 is 0 Å². The Balaban J connectivity index is 1.56. The predicted molar refractivity (Wildman–Crippen MR) is 153 cm³/mol. The average molecular weight is 570 g/mol. The topological polar surface area (TPSA) is 83.8 Å². The number of hydrogen-bond donors (Lipinski definition) is 1. The summed E-state index contributed by atoms with van der Waals surface area (Å²) < 4.78 is 30.0. The fraction of sp³-hybridized carbons (Fsp3) is 0.143. The summed E-state index contributed by atoms with van der Waals surface area (Å²) in [6.07, 6.45) is 1.52. The van der Waals surface area contributed by atoms with Gasteiger partial charge in [0.15, 0.2) is 0 Å². The molecule has 0 radical (unpaired) electrons. The maximum atomic E-state index is 13.5. The molecule has 196 valence electrons. The van der Waals surface area contributed by atoms with Crippen LogP contribution in [0.3, 0.4) is 0 Å². The summed E-state index contributed by atoms with van der Waals surface area (Å²) >= 11 is 12.4. The lowest BCUT2D eigenvalue weighted by Crippen LogP contribution is -2.40. The first kappa shape index (κ1) is 27.4. The third-order valence-electron chi connectivity index (χ3n) is 6.02. The van der Waals surface area contributed by atoms with Crippen LogP contribution in [0.2, 0.25) is 10.0 Å². The van der Waals surface area contributed by atoms with Crippen molar-refractivity contribution in [1.29, 1.82) is 0 Å². The molecule has 0 spiro atoms. The van der Waals surface area contributed by atoms with Crippen LogP contribution < -0.4 is 9.73 Å². The van der Waals surface area contributed by atoms with Crippen molar-refractivity contribution in [2.24, 2.45) is 5.10 Å². The van der Waals surface area contributed by atoms with Gasteiger partial charge in [-0.2, -0.15) is 5.10 Å². The lowest BCUT2D eigenvalue weighted by Gasteiger charge is -2.25. The van der Waals surface area contributed by atoms with Crippen LogP contribution in [-0.4, -0.2) is 31.7 Å². The number of aromatic nitrogens is 1. The Morgan fingerprint density at radius 2 is 1.66 bits per heavy atom. The van der Waals surface area contributed by atoms with E-state index in [2.05, 4.69) is 10.5 Å². The lowest BCUT2D eigenvalue weighted by molar-refractivity contribution is -0.119. The van der Waals surface area contributed by atoms with Crippen molar-refractivity contribution >= 4 is 51.0 Å². The molecule has 0 unspecified atom stereocenters. The Labute approximate surface area is 232 Å². The molecular formula is C28H26Cl2N4O3S. The maximum Gasteiger partial charge on any atom is 0.264 e. The highest BCUT2D eigenvalue weighted by Crippen LogP contribution is 2.29. The second-order valence-corrected chi connectivity index (χ2v) is 11.4. The predicted octanol–water partition coefficient (Wildman–Crippen LogP) is 6.05. The Morgan fingerprint density at radius 3 is 2.34 bits per heavy atom. The molecule has 0 bridgehead atoms. The van der Waals surface area contributed by atoms with Gasteiger partial charge in [-0.25, -0.2) is 13.8 Å². The number of hydrogen-bond acceptors (Lipinski definition) is 4. The second-order valence-electron chi connectivity index (χ2n) is 8.66. The number of nitrogens with one attached hydrogen (secondary N) is 1. The number of benzene rings is 3. The first-order chi connectivity index (χ1) is 18.1. The van der Waals surface area contributed by atoms with Crippen molar-refractivity contribution in [3.8, 4) is 5.69 Å². The quantitative estimate of drug-likeness (QED) is 0.207. The molecule has 38 heavy (non-hydrogen) atoms. The van der Waals surface area contributed by atoms with E-state index < -0.39 is 22.5 Å². The minimum Gasteiger partial charge on any atom is -0.316 e. The Kier molecular flexibility index (Phi) is 8.26. The van der Waals surface area contributed by atoms with E-state index in [0.29, 0.717) is 15.7 Å². The number of hydrazone groups is 1. The van der Waals surface area contributed by atoms with E-state index in [1.165, 1.54) is 18.3 Å². The first-order valence-corrected chi connectivity index (χ1v) is 13.9. The molecule has 1 aromatic heterocycles. The number of para-hydroxylation sites is 1. The number of anilines is 1. The molecule has 4 aromatic rings. The van der Waals surface area contributed by atoms with E-state index >= 15 is 0 Å². The highest BCUT2D eigenvalue weighted by molar-refractivity contribution is 7.92. The number of halogens is 2. The lowest BCUT2D eigenvalue weighted by atomic mass is 10.2. The molecule has 0 aliphatic heterocycles. The number of nitrogens with zero attached hydrogens (tertiary/aromatic N) is 3. The van der Waals surface area contributed by atoms with Crippen molar-refractivity contribution in [2.45, 2.75) is 25.7 Å². The van der Waals surface area contributed by atoms with E-state index in [4.69, 9.17) is 23.2 Å². The van der Waals surface area contributed by atoms with Crippen molar-refractivity contribution in [3.63, 3.8) is 0 Å². The summed E-state index contributed by atoms with van der Waals surface area (Å²) in [6, 6.07) is 22.2. The number of sulfonamides is 1. The van der Waals surface area contributed by atoms with Gasteiger partial charge in [-0.3, -0.25) is 9.10 Å². The molecule has 0 saturated heterocycles. The number of carbonyl (C=O) groups is 1.